The highest BCUT2D eigenvalue weighted by Crippen LogP contribution is 2.43. The first kappa shape index (κ1) is 88.5. The lowest BCUT2D eigenvalue weighted by Gasteiger charge is -2.19. The first-order valence-electron chi connectivity index (χ1n) is 39.4. The van der Waals surface area contributed by atoms with Crippen LogP contribution in [0.2, 0.25) is 0 Å². The van der Waals surface area contributed by atoms with Crippen molar-refractivity contribution < 1.29 is 37.6 Å². The normalized spacial score (nSPS) is 13.2. The molecule has 0 fully saturated rings. The van der Waals surface area contributed by atoms with Crippen molar-refractivity contribution in [3.63, 3.8) is 0 Å². The Morgan fingerprint density at radius 3 is 0.912 bits per heavy atom. The number of phosphoric ester groups is 1. The Hall–Kier alpha value is -2.55. The number of rotatable bonds is 75. The Morgan fingerprint density at radius 1 is 0.341 bits per heavy atom. The number of hydrogen-bond acceptors (Lipinski definition) is 8. The minimum Gasteiger partial charge on any atom is -0.462 e. The van der Waals surface area contributed by atoms with Gasteiger partial charge >= 0.3 is 19.8 Å². The third-order valence-corrected chi connectivity index (χ3v) is 18.6. The van der Waals surface area contributed by atoms with Crippen LogP contribution in [0.1, 0.15) is 399 Å². The maximum absolute atomic E-state index is 12.8. The summed E-state index contributed by atoms with van der Waals surface area (Å²) in [6.45, 7) is 3.70. The number of unbranched alkanes of at least 4 members (excludes halogenated alkanes) is 50. The number of esters is 2. The van der Waals surface area contributed by atoms with Gasteiger partial charge in [0.05, 0.1) is 13.2 Å². The summed E-state index contributed by atoms with van der Waals surface area (Å²) in [7, 11) is -4.39. The lowest BCUT2D eigenvalue weighted by Crippen LogP contribution is -2.29. The first-order chi connectivity index (χ1) is 44.8. The van der Waals surface area contributed by atoms with E-state index >= 15 is 0 Å². The molecule has 0 spiro atoms. The molecular formula is C81H150NO8P. The standard InChI is InChI=1S/C81H150NO8P/c1-3-5-7-9-11-13-15-17-19-21-23-25-27-29-31-33-34-35-36-37-38-39-40-41-42-43-44-46-48-50-52-54-56-58-60-62-64-66-68-70-72-74-81(84)90-79(78-89-91(85,86)88-76-75-82)77-87-80(83)73-71-69-67-65-63-61-59-57-55-53-51-49-47-45-32-30-28-26-24-22-20-18-16-14-12-10-8-6-4-2/h5,7,11,13,17,19,22-25,29,31,79H,3-4,6,8-10,12,14-16,18,20-21,26-28,30,32-78,82H2,1-2H3,(H,85,86)/b7-5-,13-11-,19-17-,24-22-,25-23-,31-29-. The Bertz CT molecular complexity index is 1720. The second kappa shape index (κ2) is 76.5. The highest BCUT2D eigenvalue weighted by atomic mass is 31.2. The topological polar surface area (TPSA) is 134 Å². The SMILES string of the molecule is CC/C=C\C/C=C\C/C=C\C/C=C\C/C=C\CCCCCCCCCCCCCCCCCCCCCCCCCCCC(=O)OC(COC(=O)CCCCCCCCCCCCCCCCCCC/C=C\CCCCCCCCCC)COP(=O)(O)OCCN. The number of carbonyl (C=O) groups excluding carboxylic acids is 2. The quantitative estimate of drug-likeness (QED) is 0.0264. The van der Waals surface area contributed by atoms with Gasteiger partial charge in [0.15, 0.2) is 6.10 Å². The largest absolute Gasteiger partial charge is 0.472 e. The third kappa shape index (κ3) is 76.4. The summed E-state index contributed by atoms with van der Waals surface area (Å²) in [5.41, 5.74) is 5.41. The van der Waals surface area contributed by atoms with Crippen LogP contribution in [0.3, 0.4) is 0 Å². The second-order valence-electron chi connectivity index (χ2n) is 26.6. The van der Waals surface area contributed by atoms with Crippen LogP contribution in [0.15, 0.2) is 72.9 Å². The zero-order chi connectivity index (χ0) is 65.8. The van der Waals surface area contributed by atoms with Crippen molar-refractivity contribution >= 4 is 19.8 Å². The fraction of sp³-hybridized carbons (Fsp3) is 0.827. The van der Waals surface area contributed by atoms with E-state index in [1.54, 1.807) is 0 Å². The van der Waals surface area contributed by atoms with Gasteiger partial charge < -0.3 is 20.1 Å². The lowest BCUT2D eigenvalue weighted by molar-refractivity contribution is -0.161. The minimum absolute atomic E-state index is 0.0552. The average molecular weight is 1300 g/mol. The zero-order valence-electron chi connectivity index (χ0n) is 60.1. The molecule has 10 heteroatoms. The van der Waals surface area contributed by atoms with Crippen LogP contribution >= 0.6 is 7.82 Å². The number of ether oxygens (including phenoxy) is 2. The molecular weight excluding hydrogens is 1150 g/mol. The van der Waals surface area contributed by atoms with Gasteiger partial charge in [-0.3, -0.25) is 18.6 Å². The summed E-state index contributed by atoms with van der Waals surface area (Å²) in [6.07, 6.45) is 102. The van der Waals surface area contributed by atoms with Crippen LogP contribution in [-0.4, -0.2) is 49.3 Å². The highest BCUT2D eigenvalue weighted by Gasteiger charge is 2.26. The maximum Gasteiger partial charge on any atom is 0.472 e. The van der Waals surface area contributed by atoms with Gasteiger partial charge in [0.1, 0.15) is 6.61 Å². The van der Waals surface area contributed by atoms with E-state index in [1.807, 2.05) is 0 Å². The molecule has 0 amide bonds. The Labute approximate surface area is 564 Å². The summed E-state index contributed by atoms with van der Waals surface area (Å²) in [5.74, 6) is -0.805. The summed E-state index contributed by atoms with van der Waals surface area (Å²) >= 11 is 0. The van der Waals surface area contributed by atoms with Crippen LogP contribution < -0.4 is 5.73 Å². The fourth-order valence-corrected chi connectivity index (χ4v) is 12.5. The molecule has 2 unspecified atom stereocenters. The van der Waals surface area contributed by atoms with E-state index in [0.717, 1.165) is 64.2 Å². The Kier molecular flexibility index (Phi) is 74.3. The van der Waals surface area contributed by atoms with Crippen LogP contribution in [0.25, 0.3) is 0 Å². The summed E-state index contributed by atoms with van der Waals surface area (Å²) in [5, 5.41) is 0. The zero-order valence-corrected chi connectivity index (χ0v) is 61.0. The van der Waals surface area contributed by atoms with Crippen LogP contribution in [0, 0.1) is 0 Å². The van der Waals surface area contributed by atoms with E-state index in [2.05, 4.69) is 86.8 Å². The van der Waals surface area contributed by atoms with Crippen molar-refractivity contribution in [3.8, 4) is 0 Å². The van der Waals surface area contributed by atoms with Gasteiger partial charge in [-0.25, -0.2) is 4.57 Å². The van der Waals surface area contributed by atoms with Gasteiger partial charge in [0.25, 0.3) is 0 Å². The van der Waals surface area contributed by atoms with E-state index in [1.165, 1.54) is 302 Å². The Balaban J connectivity index is 3.76. The minimum atomic E-state index is -4.39. The number of phosphoric acid groups is 1. The van der Waals surface area contributed by atoms with E-state index in [0.29, 0.717) is 6.42 Å². The second-order valence-corrected chi connectivity index (χ2v) is 28.0. The van der Waals surface area contributed by atoms with Crippen molar-refractivity contribution in [1.29, 1.82) is 0 Å². The molecule has 0 aromatic carbocycles. The van der Waals surface area contributed by atoms with Gasteiger partial charge in [-0.15, -0.1) is 0 Å². The molecule has 0 saturated carbocycles. The van der Waals surface area contributed by atoms with Gasteiger partial charge in [0, 0.05) is 19.4 Å². The number of nitrogens with two attached hydrogens (primary N) is 1. The van der Waals surface area contributed by atoms with E-state index in [9.17, 15) is 19.0 Å². The monoisotopic (exact) mass is 1300 g/mol. The number of allylic oxidation sites excluding steroid dienone is 12. The first-order valence-corrected chi connectivity index (χ1v) is 40.9. The summed E-state index contributed by atoms with van der Waals surface area (Å²) in [4.78, 5) is 35.4. The maximum atomic E-state index is 12.8. The molecule has 0 aromatic rings. The van der Waals surface area contributed by atoms with Crippen molar-refractivity contribution in [1.82, 2.24) is 0 Å². The molecule has 532 valence electrons. The van der Waals surface area contributed by atoms with Crippen molar-refractivity contribution in [2.75, 3.05) is 26.4 Å². The van der Waals surface area contributed by atoms with Gasteiger partial charge in [-0.2, -0.15) is 0 Å². The number of carbonyl (C=O) groups is 2. The molecule has 9 nitrogen and oxygen atoms in total. The molecule has 3 N–H and O–H groups in total. The molecule has 0 aliphatic carbocycles. The van der Waals surface area contributed by atoms with Crippen LogP contribution in [0.4, 0.5) is 0 Å². The molecule has 0 radical (unpaired) electrons. The highest BCUT2D eigenvalue weighted by molar-refractivity contribution is 7.47. The fourth-order valence-electron chi connectivity index (χ4n) is 11.8. The third-order valence-electron chi connectivity index (χ3n) is 17.6. The van der Waals surface area contributed by atoms with Crippen LogP contribution in [0.5, 0.6) is 0 Å². The number of hydrogen-bond donors (Lipinski definition) is 2. The summed E-state index contributed by atoms with van der Waals surface area (Å²) < 4.78 is 33.3. The molecule has 91 heavy (non-hydrogen) atoms. The smallest absolute Gasteiger partial charge is 0.462 e. The molecule has 2 atom stereocenters. The molecule has 0 aliphatic heterocycles. The van der Waals surface area contributed by atoms with Crippen LogP contribution in [-0.2, 0) is 32.7 Å². The summed E-state index contributed by atoms with van der Waals surface area (Å²) in [6, 6.07) is 0. The van der Waals surface area contributed by atoms with E-state index in [-0.39, 0.29) is 38.6 Å². The van der Waals surface area contributed by atoms with Gasteiger partial charge in [-0.05, 0) is 83.5 Å². The molecule has 0 aliphatic rings. The molecule has 0 aromatic heterocycles. The van der Waals surface area contributed by atoms with Crippen molar-refractivity contribution in [2.24, 2.45) is 5.73 Å². The van der Waals surface area contributed by atoms with Gasteiger partial charge in [-0.1, -0.05) is 376 Å². The van der Waals surface area contributed by atoms with Gasteiger partial charge in [0.2, 0.25) is 0 Å². The van der Waals surface area contributed by atoms with E-state index < -0.39 is 26.5 Å². The molecule has 0 bridgehead atoms. The predicted molar refractivity (Wildman–Crippen MR) is 395 cm³/mol. The average Bonchev–Trinajstić information content (AvgIpc) is 3.74. The lowest BCUT2D eigenvalue weighted by atomic mass is 10.0. The predicted octanol–water partition coefficient (Wildman–Crippen LogP) is 26.3. The molecule has 0 rings (SSSR count). The molecule has 0 saturated heterocycles. The van der Waals surface area contributed by atoms with E-state index in [4.69, 9.17) is 24.3 Å². The van der Waals surface area contributed by atoms with Crippen molar-refractivity contribution in [2.45, 2.75) is 405 Å². The molecule has 0 heterocycles. The Morgan fingerprint density at radius 2 is 0.604 bits per heavy atom. The van der Waals surface area contributed by atoms with Crippen molar-refractivity contribution in [3.05, 3.63) is 72.9 Å².